The van der Waals surface area contributed by atoms with Gasteiger partial charge >= 0.3 is 6.03 Å². The zero-order valence-electron chi connectivity index (χ0n) is 12.3. The maximum absolute atomic E-state index is 11.8. The minimum Gasteiger partial charge on any atom is -0.378 e. The van der Waals surface area contributed by atoms with E-state index < -0.39 is 10.0 Å². The molecule has 22 heavy (non-hydrogen) atoms. The Labute approximate surface area is 130 Å². The lowest BCUT2D eigenvalue weighted by molar-refractivity contribution is 0.0532. The van der Waals surface area contributed by atoms with Crippen molar-refractivity contribution in [1.82, 2.24) is 10.2 Å². The summed E-state index contributed by atoms with van der Waals surface area (Å²) < 4.78 is 27.5. The molecule has 0 bridgehead atoms. The lowest BCUT2D eigenvalue weighted by Gasteiger charge is -2.26. The monoisotopic (exact) mass is 327 g/mol. The highest BCUT2D eigenvalue weighted by Crippen LogP contribution is 2.10. The highest BCUT2D eigenvalue weighted by Gasteiger charge is 2.15. The van der Waals surface area contributed by atoms with Gasteiger partial charge in [0.05, 0.1) is 18.1 Å². The fourth-order valence-electron chi connectivity index (χ4n) is 2.21. The largest absolute Gasteiger partial charge is 0.378 e. The van der Waals surface area contributed by atoms with E-state index in [1.54, 1.807) is 17.0 Å². The molecule has 1 heterocycles. The number of morpholine rings is 1. The van der Waals surface area contributed by atoms with Gasteiger partial charge in [0.1, 0.15) is 0 Å². The van der Waals surface area contributed by atoms with Crippen LogP contribution in [0.1, 0.15) is 12.0 Å². The Hall–Kier alpha value is -1.64. The zero-order valence-corrected chi connectivity index (χ0v) is 13.1. The van der Waals surface area contributed by atoms with Gasteiger partial charge in [0.2, 0.25) is 10.0 Å². The molecule has 0 saturated carbocycles. The number of benzene rings is 1. The number of nitrogens with zero attached hydrogens (tertiary/aromatic N) is 1. The molecule has 1 aromatic rings. The molecule has 1 aromatic carbocycles. The number of nitrogens with one attached hydrogen (secondary N) is 1. The van der Waals surface area contributed by atoms with E-state index >= 15 is 0 Å². The van der Waals surface area contributed by atoms with Gasteiger partial charge in [-0.3, -0.25) is 0 Å². The van der Waals surface area contributed by atoms with Crippen LogP contribution < -0.4 is 10.5 Å². The van der Waals surface area contributed by atoms with E-state index in [9.17, 15) is 13.2 Å². The van der Waals surface area contributed by atoms with Gasteiger partial charge in [-0.25, -0.2) is 18.4 Å². The summed E-state index contributed by atoms with van der Waals surface area (Å²) in [6, 6.07) is 6.41. The molecule has 1 aliphatic heterocycles. The van der Waals surface area contributed by atoms with Crippen LogP contribution in [0.25, 0.3) is 0 Å². The van der Waals surface area contributed by atoms with E-state index in [4.69, 9.17) is 9.88 Å². The Morgan fingerprint density at radius 1 is 1.23 bits per heavy atom. The van der Waals surface area contributed by atoms with Crippen molar-refractivity contribution in [3.8, 4) is 0 Å². The summed E-state index contributed by atoms with van der Waals surface area (Å²) in [4.78, 5) is 13.7. The average Bonchev–Trinajstić information content (AvgIpc) is 2.52. The summed E-state index contributed by atoms with van der Waals surface area (Å²) in [6.45, 7) is 3.00. The van der Waals surface area contributed by atoms with Crippen molar-refractivity contribution in [3.05, 3.63) is 29.8 Å². The third kappa shape index (κ3) is 4.97. The molecule has 0 aromatic heterocycles. The molecule has 7 nitrogen and oxygen atoms in total. The molecule has 0 aliphatic carbocycles. The van der Waals surface area contributed by atoms with Gasteiger partial charge in [-0.15, -0.1) is 0 Å². The first-order valence-corrected chi connectivity index (χ1v) is 8.74. The first-order chi connectivity index (χ1) is 10.5. The van der Waals surface area contributed by atoms with Crippen molar-refractivity contribution in [2.75, 3.05) is 32.8 Å². The van der Waals surface area contributed by atoms with Crippen molar-refractivity contribution < 1.29 is 17.9 Å². The second-order valence-electron chi connectivity index (χ2n) is 5.12. The Morgan fingerprint density at radius 3 is 2.45 bits per heavy atom. The molecule has 0 unspecified atom stereocenters. The number of hydrogen-bond acceptors (Lipinski definition) is 4. The van der Waals surface area contributed by atoms with Crippen LogP contribution in [0.3, 0.4) is 0 Å². The number of nitrogens with two attached hydrogens (primary N) is 1. The number of carbonyl (C=O) groups excluding carboxylic acids is 1. The van der Waals surface area contributed by atoms with Gasteiger partial charge in [-0.2, -0.15) is 0 Å². The van der Waals surface area contributed by atoms with Crippen molar-refractivity contribution >= 4 is 16.1 Å². The standard InChI is InChI=1S/C14H21N3O4S/c15-22(19,20)13-5-3-12(4-6-13)2-1-7-16-14(18)17-8-10-21-11-9-17/h3-6H,1-2,7-11H2,(H,16,18)(H2,15,19,20). The first-order valence-electron chi connectivity index (χ1n) is 7.19. The van der Waals surface area contributed by atoms with Crippen LogP contribution in [-0.2, 0) is 21.2 Å². The van der Waals surface area contributed by atoms with Gasteiger partial charge in [0, 0.05) is 19.6 Å². The average molecular weight is 327 g/mol. The summed E-state index contributed by atoms with van der Waals surface area (Å²) in [5, 5.41) is 7.92. The van der Waals surface area contributed by atoms with E-state index in [2.05, 4.69) is 5.32 Å². The molecule has 3 N–H and O–H groups in total. The molecule has 2 rings (SSSR count). The number of primary sulfonamides is 1. The molecule has 0 spiro atoms. The minimum absolute atomic E-state index is 0.0622. The highest BCUT2D eigenvalue weighted by molar-refractivity contribution is 7.89. The predicted molar refractivity (Wildman–Crippen MR) is 81.9 cm³/mol. The summed E-state index contributed by atoms with van der Waals surface area (Å²) in [5.74, 6) is 0. The third-order valence-electron chi connectivity index (χ3n) is 3.47. The topological polar surface area (TPSA) is 102 Å². The van der Waals surface area contributed by atoms with E-state index in [0.717, 1.165) is 18.4 Å². The van der Waals surface area contributed by atoms with Crippen molar-refractivity contribution in [1.29, 1.82) is 0 Å². The second kappa shape index (κ2) is 7.57. The first kappa shape index (κ1) is 16.7. The van der Waals surface area contributed by atoms with Crippen LogP contribution in [0, 0.1) is 0 Å². The fraction of sp³-hybridized carbons (Fsp3) is 0.500. The smallest absolute Gasteiger partial charge is 0.317 e. The van der Waals surface area contributed by atoms with Crippen LogP contribution in [0.2, 0.25) is 0 Å². The van der Waals surface area contributed by atoms with Gasteiger partial charge in [-0.05, 0) is 30.5 Å². The SMILES string of the molecule is NS(=O)(=O)c1ccc(CCCNC(=O)N2CCOCC2)cc1. The number of hydrogen-bond donors (Lipinski definition) is 2. The molecule has 1 fully saturated rings. The van der Waals surface area contributed by atoms with Crippen LogP contribution in [0.15, 0.2) is 29.2 Å². The molecule has 1 saturated heterocycles. The maximum Gasteiger partial charge on any atom is 0.317 e. The number of sulfonamides is 1. The molecule has 8 heteroatoms. The Morgan fingerprint density at radius 2 is 1.86 bits per heavy atom. The van der Waals surface area contributed by atoms with E-state index in [1.165, 1.54) is 12.1 Å². The molecule has 0 radical (unpaired) electrons. The molecular weight excluding hydrogens is 306 g/mol. The second-order valence-corrected chi connectivity index (χ2v) is 6.69. The number of ether oxygens (including phenoxy) is 1. The lowest BCUT2D eigenvalue weighted by atomic mass is 10.1. The van der Waals surface area contributed by atoms with Gasteiger partial charge in [0.25, 0.3) is 0 Å². The molecule has 2 amide bonds. The molecular formula is C14H21N3O4S. The normalized spacial score (nSPS) is 15.6. The molecule has 122 valence electrons. The summed E-state index contributed by atoms with van der Waals surface area (Å²) in [7, 11) is -3.64. The number of amides is 2. The summed E-state index contributed by atoms with van der Waals surface area (Å²) in [5.41, 5.74) is 1.01. The number of aryl methyl sites for hydroxylation is 1. The Bertz CT molecular complexity index is 595. The van der Waals surface area contributed by atoms with E-state index in [0.29, 0.717) is 32.8 Å². The third-order valence-corrected chi connectivity index (χ3v) is 4.40. The van der Waals surface area contributed by atoms with Gasteiger partial charge in [-0.1, -0.05) is 12.1 Å². The van der Waals surface area contributed by atoms with Crippen LogP contribution >= 0.6 is 0 Å². The predicted octanol–water partition coefficient (Wildman–Crippen LogP) is 0.308. The van der Waals surface area contributed by atoms with E-state index in [-0.39, 0.29) is 10.9 Å². The van der Waals surface area contributed by atoms with Crippen molar-refractivity contribution in [2.45, 2.75) is 17.7 Å². The summed E-state index contributed by atoms with van der Waals surface area (Å²) in [6.07, 6.45) is 1.54. The van der Waals surface area contributed by atoms with Crippen LogP contribution in [-0.4, -0.2) is 52.2 Å². The van der Waals surface area contributed by atoms with Gasteiger partial charge in [0.15, 0.2) is 0 Å². The fourth-order valence-corrected chi connectivity index (χ4v) is 2.73. The number of carbonyl (C=O) groups is 1. The highest BCUT2D eigenvalue weighted by atomic mass is 32.2. The Kier molecular flexibility index (Phi) is 5.76. The van der Waals surface area contributed by atoms with Crippen molar-refractivity contribution in [3.63, 3.8) is 0 Å². The quantitative estimate of drug-likeness (QED) is 0.760. The Balaban J connectivity index is 1.71. The van der Waals surface area contributed by atoms with Crippen LogP contribution in [0.4, 0.5) is 4.79 Å². The number of rotatable bonds is 5. The van der Waals surface area contributed by atoms with Crippen molar-refractivity contribution in [2.24, 2.45) is 5.14 Å². The maximum atomic E-state index is 11.8. The van der Waals surface area contributed by atoms with E-state index in [1.807, 2.05) is 0 Å². The zero-order chi connectivity index (χ0) is 16.0. The number of urea groups is 1. The summed E-state index contributed by atoms with van der Waals surface area (Å²) >= 11 is 0. The lowest BCUT2D eigenvalue weighted by Crippen LogP contribution is -2.46. The van der Waals surface area contributed by atoms with Gasteiger partial charge < -0.3 is 15.0 Å². The molecule has 1 aliphatic rings. The van der Waals surface area contributed by atoms with Crippen LogP contribution in [0.5, 0.6) is 0 Å². The minimum atomic E-state index is -3.64. The molecule has 0 atom stereocenters.